The van der Waals surface area contributed by atoms with Gasteiger partial charge in [-0.2, -0.15) is 0 Å². The maximum absolute atomic E-state index is 14.0. The molecule has 0 amide bonds. The standard InChI is InChI=1S/C23H23FN2/c24-22-12-6-7-13-23(22)26-16-14-25(15-17-26)18-20-10-4-5-11-21(20)19-8-2-1-3-9-19/h1-13H,14-18H2. The molecule has 4 rings (SSSR count). The van der Waals surface area contributed by atoms with E-state index >= 15 is 0 Å². The molecule has 1 aliphatic rings. The van der Waals surface area contributed by atoms with E-state index in [2.05, 4.69) is 58.3 Å². The van der Waals surface area contributed by atoms with Crippen molar-refractivity contribution in [3.8, 4) is 11.1 Å². The number of rotatable bonds is 4. The van der Waals surface area contributed by atoms with E-state index in [-0.39, 0.29) is 5.82 Å². The average Bonchev–Trinajstić information content (AvgIpc) is 2.70. The Labute approximate surface area is 154 Å². The molecule has 0 radical (unpaired) electrons. The Morgan fingerprint density at radius 3 is 2.12 bits per heavy atom. The van der Waals surface area contributed by atoms with Gasteiger partial charge in [-0.15, -0.1) is 0 Å². The predicted molar refractivity (Wildman–Crippen MR) is 106 cm³/mol. The summed E-state index contributed by atoms with van der Waals surface area (Å²) in [5, 5.41) is 0. The first-order chi connectivity index (χ1) is 12.8. The van der Waals surface area contributed by atoms with Gasteiger partial charge in [0.1, 0.15) is 5.82 Å². The molecule has 132 valence electrons. The molecule has 1 heterocycles. The van der Waals surface area contributed by atoms with Crippen LogP contribution in [0.5, 0.6) is 0 Å². The molecule has 3 aromatic carbocycles. The van der Waals surface area contributed by atoms with Crippen LogP contribution in [0, 0.1) is 5.82 Å². The van der Waals surface area contributed by atoms with E-state index in [1.807, 2.05) is 18.2 Å². The lowest BCUT2D eigenvalue weighted by atomic mass is 9.99. The van der Waals surface area contributed by atoms with Crippen molar-refractivity contribution in [2.45, 2.75) is 6.54 Å². The Morgan fingerprint density at radius 1 is 0.692 bits per heavy atom. The lowest BCUT2D eigenvalue weighted by Crippen LogP contribution is -2.46. The first kappa shape index (κ1) is 16.8. The van der Waals surface area contributed by atoms with Crippen molar-refractivity contribution in [2.24, 2.45) is 0 Å². The van der Waals surface area contributed by atoms with Crippen molar-refractivity contribution in [3.63, 3.8) is 0 Å². The van der Waals surface area contributed by atoms with E-state index in [0.717, 1.165) is 38.4 Å². The summed E-state index contributed by atoms with van der Waals surface area (Å²) >= 11 is 0. The molecule has 1 fully saturated rings. The van der Waals surface area contributed by atoms with Gasteiger partial charge in [0.25, 0.3) is 0 Å². The molecule has 26 heavy (non-hydrogen) atoms. The highest BCUT2D eigenvalue weighted by atomic mass is 19.1. The van der Waals surface area contributed by atoms with Crippen molar-refractivity contribution in [3.05, 3.63) is 90.2 Å². The molecule has 0 saturated carbocycles. The molecular weight excluding hydrogens is 323 g/mol. The van der Waals surface area contributed by atoms with Crippen LogP contribution in [-0.2, 0) is 6.54 Å². The summed E-state index contributed by atoms with van der Waals surface area (Å²) in [4.78, 5) is 4.61. The van der Waals surface area contributed by atoms with Gasteiger partial charge >= 0.3 is 0 Å². The Hall–Kier alpha value is -2.65. The van der Waals surface area contributed by atoms with Gasteiger partial charge in [0.2, 0.25) is 0 Å². The molecule has 0 aromatic heterocycles. The molecular formula is C23H23FN2. The Kier molecular flexibility index (Phi) is 4.98. The van der Waals surface area contributed by atoms with Crippen LogP contribution in [0.3, 0.4) is 0 Å². The number of nitrogens with zero attached hydrogens (tertiary/aromatic N) is 2. The third-order valence-corrected chi connectivity index (χ3v) is 5.06. The summed E-state index contributed by atoms with van der Waals surface area (Å²) in [6.45, 7) is 4.52. The number of hydrogen-bond acceptors (Lipinski definition) is 2. The van der Waals surface area contributed by atoms with E-state index < -0.39 is 0 Å². The molecule has 0 unspecified atom stereocenters. The highest BCUT2D eigenvalue weighted by molar-refractivity contribution is 5.67. The van der Waals surface area contributed by atoms with Gasteiger partial charge in [0.05, 0.1) is 5.69 Å². The van der Waals surface area contributed by atoms with Gasteiger partial charge in [-0.25, -0.2) is 4.39 Å². The van der Waals surface area contributed by atoms with Crippen LogP contribution in [0.15, 0.2) is 78.9 Å². The summed E-state index contributed by atoms with van der Waals surface area (Å²) in [6, 6.07) is 26.2. The third kappa shape index (κ3) is 3.63. The molecule has 0 aliphatic carbocycles. The molecule has 0 atom stereocenters. The van der Waals surface area contributed by atoms with Gasteiger partial charge in [-0.05, 0) is 28.8 Å². The van der Waals surface area contributed by atoms with Gasteiger partial charge in [-0.3, -0.25) is 4.90 Å². The molecule has 0 N–H and O–H groups in total. The lowest BCUT2D eigenvalue weighted by Gasteiger charge is -2.36. The topological polar surface area (TPSA) is 6.48 Å². The van der Waals surface area contributed by atoms with E-state index in [1.165, 1.54) is 22.8 Å². The quantitative estimate of drug-likeness (QED) is 0.668. The SMILES string of the molecule is Fc1ccccc1N1CCN(Cc2ccccc2-c2ccccc2)CC1. The van der Waals surface area contributed by atoms with Crippen LogP contribution in [0.2, 0.25) is 0 Å². The van der Waals surface area contributed by atoms with Gasteiger partial charge in [0.15, 0.2) is 0 Å². The number of para-hydroxylation sites is 1. The maximum Gasteiger partial charge on any atom is 0.146 e. The van der Waals surface area contributed by atoms with Crippen LogP contribution in [0.25, 0.3) is 11.1 Å². The fourth-order valence-corrected chi connectivity index (χ4v) is 3.65. The second kappa shape index (κ2) is 7.71. The smallest absolute Gasteiger partial charge is 0.146 e. The van der Waals surface area contributed by atoms with E-state index in [0.29, 0.717) is 0 Å². The molecule has 0 spiro atoms. The first-order valence-electron chi connectivity index (χ1n) is 9.16. The van der Waals surface area contributed by atoms with E-state index in [9.17, 15) is 4.39 Å². The highest BCUT2D eigenvalue weighted by Gasteiger charge is 2.20. The molecule has 3 aromatic rings. The summed E-state index contributed by atoms with van der Waals surface area (Å²) in [5.74, 6) is -0.129. The van der Waals surface area contributed by atoms with Crippen LogP contribution in [0.4, 0.5) is 10.1 Å². The minimum atomic E-state index is -0.129. The zero-order valence-electron chi connectivity index (χ0n) is 14.8. The molecule has 3 heteroatoms. The minimum absolute atomic E-state index is 0.129. The second-order valence-electron chi connectivity index (χ2n) is 6.74. The summed E-state index contributed by atoms with van der Waals surface area (Å²) in [5.41, 5.74) is 4.62. The Bertz CT molecular complexity index is 855. The summed E-state index contributed by atoms with van der Waals surface area (Å²) in [7, 11) is 0. The second-order valence-corrected chi connectivity index (χ2v) is 6.74. The van der Waals surface area contributed by atoms with Crippen LogP contribution in [0.1, 0.15) is 5.56 Å². The Morgan fingerprint density at radius 2 is 1.35 bits per heavy atom. The number of halogens is 1. The maximum atomic E-state index is 14.0. The molecule has 1 aliphatic heterocycles. The van der Waals surface area contributed by atoms with E-state index in [1.54, 1.807) is 6.07 Å². The van der Waals surface area contributed by atoms with Crippen molar-refractivity contribution < 1.29 is 4.39 Å². The largest absolute Gasteiger partial charge is 0.367 e. The van der Waals surface area contributed by atoms with Crippen LogP contribution < -0.4 is 4.90 Å². The fraction of sp³-hybridized carbons (Fsp3) is 0.217. The number of anilines is 1. The van der Waals surface area contributed by atoms with Crippen molar-refractivity contribution in [1.82, 2.24) is 4.90 Å². The van der Waals surface area contributed by atoms with Gasteiger partial charge in [0, 0.05) is 32.7 Å². The van der Waals surface area contributed by atoms with E-state index in [4.69, 9.17) is 0 Å². The van der Waals surface area contributed by atoms with Crippen molar-refractivity contribution >= 4 is 5.69 Å². The minimum Gasteiger partial charge on any atom is -0.367 e. The lowest BCUT2D eigenvalue weighted by molar-refractivity contribution is 0.249. The van der Waals surface area contributed by atoms with Crippen LogP contribution >= 0.6 is 0 Å². The summed E-state index contributed by atoms with van der Waals surface area (Å²) in [6.07, 6.45) is 0. The van der Waals surface area contributed by atoms with Crippen molar-refractivity contribution in [1.29, 1.82) is 0 Å². The normalized spacial score (nSPS) is 15.2. The molecule has 1 saturated heterocycles. The fourth-order valence-electron chi connectivity index (χ4n) is 3.65. The molecule has 0 bridgehead atoms. The van der Waals surface area contributed by atoms with Crippen LogP contribution in [-0.4, -0.2) is 31.1 Å². The monoisotopic (exact) mass is 346 g/mol. The number of piperazine rings is 1. The molecule has 2 nitrogen and oxygen atoms in total. The third-order valence-electron chi connectivity index (χ3n) is 5.06. The van der Waals surface area contributed by atoms with Crippen molar-refractivity contribution in [2.75, 3.05) is 31.1 Å². The predicted octanol–water partition coefficient (Wildman–Crippen LogP) is 4.81. The zero-order chi connectivity index (χ0) is 17.8. The number of benzene rings is 3. The van der Waals surface area contributed by atoms with Gasteiger partial charge < -0.3 is 4.90 Å². The highest BCUT2D eigenvalue weighted by Crippen LogP contribution is 2.26. The van der Waals surface area contributed by atoms with Gasteiger partial charge in [-0.1, -0.05) is 66.7 Å². The zero-order valence-corrected chi connectivity index (χ0v) is 14.8. The Balaban J connectivity index is 1.45. The summed E-state index contributed by atoms with van der Waals surface area (Å²) < 4.78 is 14.0. The first-order valence-corrected chi connectivity index (χ1v) is 9.16. The number of hydrogen-bond donors (Lipinski definition) is 0. The average molecular weight is 346 g/mol.